The van der Waals surface area contributed by atoms with Gasteiger partial charge in [-0.2, -0.15) is 0 Å². The molecule has 0 fully saturated rings. The number of thioether (sulfide) groups is 1. The molecule has 46 heavy (non-hydrogen) atoms. The summed E-state index contributed by atoms with van der Waals surface area (Å²) in [7, 11) is 1.54. The molecule has 5 rings (SSSR count). The molecule has 10 heteroatoms. The normalized spacial score (nSPS) is 11.7. The number of benzene rings is 4. The zero-order valence-corrected chi connectivity index (χ0v) is 26.9. The van der Waals surface area contributed by atoms with E-state index in [1.807, 2.05) is 73.0 Å². The lowest BCUT2D eigenvalue weighted by Gasteiger charge is -2.15. The van der Waals surface area contributed by atoms with Crippen LogP contribution in [-0.2, 0) is 9.59 Å². The van der Waals surface area contributed by atoms with Crippen molar-refractivity contribution in [1.29, 1.82) is 0 Å². The first-order valence-corrected chi connectivity index (χ1v) is 16.3. The molecule has 1 heterocycles. The highest BCUT2D eigenvalue weighted by atomic mass is 32.2. The summed E-state index contributed by atoms with van der Waals surface area (Å²) in [5.74, 6) is -0.533. The molecule has 5 aromatic rings. The van der Waals surface area contributed by atoms with Crippen molar-refractivity contribution in [2.75, 3.05) is 17.7 Å². The highest BCUT2D eigenvalue weighted by Crippen LogP contribution is 2.30. The van der Waals surface area contributed by atoms with Gasteiger partial charge in [-0.05, 0) is 48.9 Å². The molecule has 3 N–H and O–H groups in total. The summed E-state index contributed by atoms with van der Waals surface area (Å²) in [6, 6.07) is 32.9. The molecule has 4 aromatic carbocycles. The first kappa shape index (κ1) is 32.2. The van der Waals surface area contributed by atoms with E-state index in [2.05, 4.69) is 20.9 Å². The van der Waals surface area contributed by atoms with E-state index in [0.717, 1.165) is 16.2 Å². The van der Waals surface area contributed by atoms with E-state index in [4.69, 9.17) is 4.74 Å². The molecule has 0 bridgehead atoms. The van der Waals surface area contributed by atoms with Crippen molar-refractivity contribution in [3.8, 4) is 17.0 Å². The third kappa shape index (κ3) is 8.50. The van der Waals surface area contributed by atoms with Gasteiger partial charge in [0, 0.05) is 32.7 Å². The molecule has 0 aliphatic rings. The molecule has 232 valence electrons. The van der Waals surface area contributed by atoms with Crippen molar-refractivity contribution in [2.24, 2.45) is 0 Å². The quantitative estimate of drug-likeness (QED) is 0.0944. The van der Waals surface area contributed by atoms with Crippen LogP contribution in [-0.4, -0.2) is 35.1 Å². The minimum absolute atomic E-state index is 0.0422. The molecule has 0 aliphatic carbocycles. The number of hydrogen-bond donors (Lipinski definition) is 3. The summed E-state index contributed by atoms with van der Waals surface area (Å²) < 4.78 is 5.45. The Labute approximate surface area is 275 Å². The number of hydrogen-bond acceptors (Lipinski definition) is 7. The van der Waals surface area contributed by atoms with Crippen molar-refractivity contribution in [3.05, 3.63) is 131 Å². The van der Waals surface area contributed by atoms with E-state index in [0.29, 0.717) is 34.1 Å². The van der Waals surface area contributed by atoms with Gasteiger partial charge in [0.2, 0.25) is 5.91 Å². The second-order valence-corrected chi connectivity index (χ2v) is 12.1. The maximum absolute atomic E-state index is 13.6. The largest absolute Gasteiger partial charge is 0.496 e. The second-order valence-electron chi connectivity index (χ2n) is 10.0. The standard InChI is InChI=1S/C36H32N4O4S2/c1-3-32(35(43)40-36-39-30(23-45-36)24-13-6-4-7-14-24)46-28-19-12-18-27(22-28)37-34(42)29(21-26-17-10-11-20-31(26)44-2)38-33(41)25-15-8-5-9-16-25/h4-23,32H,3H2,1-2H3,(H,37,42)(H,38,41)(H,39,40,43)/b29-21+. The summed E-state index contributed by atoms with van der Waals surface area (Å²) in [6.45, 7) is 1.95. The van der Waals surface area contributed by atoms with Gasteiger partial charge in [0.05, 0.1) is 18.1 Å². The van der Waals surface area contributed by atoms with Crippen LogP contribution >= 0.6 is 23.1 Å². The Morgan fingerprint density at radius 1 is 0.891 bits per heavy atom. The average molecular weight is 649 g/mol. The Balaban J connectivity index is 1.29. The van der Waals surface area contributed by atoms with Crippen LogP contribution in [0.5, 0.6) is 5.75 Å². The van der Waals surface area contributed by atoms with Crippen LogP contribution in [0.2, 0.25) is 0 Å². The van der Waals surface area contributed by atoms with Crippen LogP contribution in [0.4, 0.5) is 10.8 Å². The molecule has 0 spiro atoms. The number of methoxy groups -OCH3 is 1. The van der Waals surface area contributed by atoms with Crippen molar-refractivity contribution >= 4 is 57.7 Å². The van der Waals surface area contributed by atoms with E-state index in [9.17, 15) is 14.4 Å². The number of carbonyl (C=O) groups is 3. The molecule has 1 aromatic heterocycles. The SMILES string of the molecule is CCC(Sc1cccc(NC(=O)/C(=C\c2ccccc2OC)NC(=O)c2ccccc2)c1)C(=O)Nc1nc(-c2ccccc2)cs1. The number of rotatable bonds is 12. The molecular weight excluding hydrogens is 617 g/mol. The van der Waals surface area contributed by atoms with Crippen molar-refractivity contribution in [2.45, 2.75) is 23.5 Å². The van der Waals surface area contributed by atoms with E-state index in [-0.39, 0.29) is 16.9 Å². The minimum atomic E-state index is -0.514. The first-order valence-electron chi connectivity index (χ1n) is 14.5. The fourth-order valence-corrected chi connectivity index (χ4v) is 6.21. The molecule has 0 saturated carbocycles. The van der Waals surface area contributed by atoms with Gasteiger partial charge in [-0.3, -0.25) is 14.4 Å². The average Bonchev–Trinajstić information content (AvgIpc) is 3.56. The molecule has 0 radical (unpaired) electrons. The number of amides is 3. The van der Waals surface area contributed by atoms with E-state index >= 15 is 0 Å². The molecule has 1 atom stereocenters. The second kappa shape index (κ2) is 15.7. The molecule has 1 unspecified atom stereocenters. The highest BCUT2D eigenvalue weighted by molar-refractivity contribution is 8.00. The van der Waals surface area contributed by atoms with Crippen LogP contribution in [0.1, 0.15) is 29.3 Å². The van der Waals surface area contributed by atoms with Gasteiger partial charge in [-0.15, -0.1) is 23.1 Å². The van der Waals surface area contributed by atoms with E-state index < -0.39 is 11.8 Å². The number of thiazole rings is 1. The number of nitrogens with zero attached hydrogens (tertiary/aromatic N) is 1. The fourth-order valence-electron chi connectivity index (χ4n) is 4.47. The van der Waals surface area contributed by atoms with Gasteiger partial charge < -0.3 is 20.7 Å². The zero-order chi connectivity index (χ0) is 32.3. The van der Waals surface area contributed by atoms with Crippen LogP contribution in [0, 0.1) is 0 Å². The first-order chi connectivity index (χ1) is 22.4. The Morgan fingerprint density at radius 3 is 2.35 bits per heavy atom. The maximum atomic E-state index is 13.6. The Bertz CT molecular complexity index is 1840. The van der Waals surface area contributed by atoms with E-state index in [1.54, 1.807) is 61.7 Å². The smallest absolute Gasteiger partial charge is 0.272 e. The van der Waals surface area contributed by atoms with Crippen LogP contribution < -0.4 is 20.7 Å². The lowest BCUT2D eigenvalue weighted by Crippen LogP contribution is -2.30. The Hall–Kier alpha value is -5.19. The third-order valence-corrected chi connectivity index (χ3v) is 8.92. The van der Waals surface area contributed by atoms with Crippen LogP contribution in [0.15, 0.2) is 125 Å². The zero-order valence-electron chi connectivity index (χ0n) is 25.2. The van der Waals surface area contributed by atoms with Crippen molar-refractivity contribution in [1.82, 2.24) is 10.3 Å². The maximum Gasteiger partial charge on any atom is 0.272 e. The number of aromatic nitrogens is 1. The van der Waals surface area contributed by atoms with Crippen LogP contribution in [0.25, 0.3) is 17.3 Å². The van der Waals surface area contributed by atoms with E-state index in [1.165, 1.54) is 23.1 Å². The van der Waals surface area contributed by atoms with Crippen LogP contribution in [0.3, 0.4) is 0 Å². The predicted molar refractivity (Wildman–Crippen MR) is 186 cm³/mol. The predicted octanol–water partition coefficient (Wildman–Crippen LogP) is 7.74. The topological polar surface area (TPSA) is 109 Å². The Kier molecular flexibility index (Phi) is 11.0. The molecule has 8 nitrogen and oxygen atoms in total. The Morgan fingerprint density at radius 2 is 1.61 bits per heavy atom. The van der Waals surface area contributed by atoms with Gasteiger partial charge in [-0.25, -0.2) is 4.98 Å². The summed E-state index contributed by atoms with van der Waals surface area (Å²) in [6.07, 6.45) is 2.16. The lowest BCUT2D eigenvalue weighted by molar-refractivity contribution is -0.116. The lowest BCUT2D eigenvalue weighted by atomic mass is 10.1. The summed E-state index contributed by atoms with van der Waals surface area (Å²) in [4.78, 5) is 45.2. The van der Waals surface area contributed by atoms with Gasteiger partial charge in [0.1, 0.15) is 11.4 Å². The van der Waals surface area contributed by atoms with Gasteiger partial charge in [-0.1, -0.05) is 79.7 Å². The summed E-state index contributed by atoms with van der Waals surface area (Å²) >= 11 is 2.78. The van der Waals surface area contributed by atoms with Gasteiger partial charge >= 0.3 is 0 Å². The number of ether oxygens (including phenoxy) is 1. The van der Waals surface area contributed by atoms with Crippen molar-refractivity contribution in [3.63, 3.8) is 0 Å². The highest BCUT2D eigenvalue weighted by Gasteiger charge is 2.21. The van der Waals surface area contributed by atoms with Crippen molar-refractivity contribution < 1.29 is 19.1 Å². The monoisotopic (exact) mass is 648 g/mol. The molecule has 0 aliphatic heterocycles. The summed E-state index contributed by atoms with van der Waals surface area (Å²) in [5, 5.41) is 10.7. The number of para-hydroxylation sites is 1. The number of carbonyl (C=O) groups excluding carboxylic acids is 3. The molecule has 3 amide bonds. The number of nitrogens with one attached hydrogen (secondary N) is 3. The van der Waals surface area contributed by atoms with Gasteiger partial charge in [0.25, 0.3) is 11.8 Å². The van der Waals surface area contributed by atoms with Gasteiger partial charge in [0.15, 0.2) is 5.13 Å². The summed E-state index contributed by atoms with van der Waals surface area (Å²) in [5.41, 5.74) is 3.39. The minimum Gasteiger partial charge on any atom is -0.496 e. The fraction of sp³-hybridized carbons (Fsp3) is 0.111. The molecular formula is C36H32N4O4S2. The third-order valence-electron chi connectivity index (χ3n) is 6.80. The molecule has 0 saturated heterocycles. The number of anilines is 2.